The van der Waals surface area contributed by atoms with Gasteiger partial charge in [0.1, 0.15) is 12.4 Å². The summed E-state index contributed by atoms with van der Waals surface area (Å²) in [7, 11) is 1.58. The molecular formula is C25H26N2O5. The van der Waals surface area contributed by atoms with Crippen molar-refractivity contribution in [2.45, 2.75) is 20.5 Å². The fourth-order valence-corrected chi connectivity index (χ4v) is 3.10. The maximum absolute atomic E-state index is 12.8. The maximum atomic E-state index is 12.8. The van der Waals surface area contributed by atoms with Crippen molar-refractivity contribution in [2.24, 2.45) is 0 Å². The van der Waals surface area contributed by atoms with Crippen LogP contribution >= 0.6 is 0 Å². The molecule has 3 aromatic carbocycles. The fourth-order valence-electron chi connectivity index (χ4n) is 3.10. The second-order valence-corrected chi connectivity index (χ2v) is 6.91. The first kappa shape index (κ1) is 22.7. The molecule has 0 bridgehead atoms. The van der Waals surface area contributed by atoms with E-state index in [9.17, 15) is 9.59 Å². The van der Waals surface area contributed by atoms with Gasteiger partial charge in [-0.1, -0.05) is 18.2 Å². The minimum absolute atomic E-state index is 0.181. The van der Waals surface area contributed by atoms with Crippen molar-refractivity contribution in [1.82, 2.24) is 0 Å². The molecule has 0 saturated carbocycles. The molecule has 0 aromatic heterocycles. The van der Waals surface area contributed by atoms with Crippen LogP contribution in [0.1, 0.15) is 29.8 Å². The average molecular weight is 434 g/mol. The van der Waals surface area contributed by atoms with Crippen molar-refractivity contribution < 1.29 is 23.8 Å². The highest BCUT2D eigenvalue weighted by atomic mass is 16.5. The summed E-state index contributed by atoms with van der Waals surface area (Å²) in [4.78, 5) is 24.1. The van der Waals surface area contributed by atoms with Crippen LogP contribution in [0, 0.1) is 0 Å². The predicted molar refractivity (Wildman–Crippen MR) is 124 cm³/mol. The molecule has 166 valence electrons. The van der Waals surface area contributed by atoms with Gasteiger partial charge in [0.2, 0.25) is 5.91 Å². The van der Waals surface area contributed by atoms with Crippen molar-refractivity contribution in [3.63, 3.8) is 0 Å². The number of benzene rings is 3. The number of amides is 2. The van der Waals surface area contributed by atoms with Crippen LogP contribution in [0.4, 0.5) is 11.4 Å². The number of methoxy groups -OCH3 is 1. The van der Waals surface area contributed by atoms with Gasteiger partial charge in [0, 0.05) is 29.4 Å². The van der Waals surface area contributed by atoms with Gasteiger partial charge in [0.05, 0.1) is 13.7 Å². The Hall–Kier alpha value is -4.00. The van der Waals surface area contributed by atoms with Gasteiger partial charge in [-0.3, -0.25) is 9.59 Å². The third-order valence-electron chi connectivity index (χ3n) is 4.52. The first-order chi connectivity index (χ1) is 15.5. The number of para-hydroxylation sites is 2. The van der Waals surface area contributed by atoms with Crippen LogP contribution in [0.3, 0.4) is 0 Å². The lowest BCUT2D eigenvalue weighted by Crippen LogP contribution is -2.13. The second kappa shape index (κ2) is 10.9. The predicted octanol–water partition coefficient (Wildman–Crippen LogP) is 4.88. The van der Waals surface area contributed by atoms with Crippen molar-refractivity contribution in [3.8, 4) is 17.2 Å². The van der Waals surface area contributed by atoms with Crippen LogP contribution < -0.4 is 24.8 Å². The zero-order valence-electron chi connectivity index (χ0n) is 18.3. The Balaban J connectivity index is 1.78. The smallest absolute Gasteiger partial charge is 0.255 e. The minimum Gasteiger partial charge on any atom is -0.493 e. The summed E-state index contributed by atoms with van der Waals surface area (Å²) in [5.41, 5.74) is 2.37. The van der Waals surface area contributed by atoms with Gasteiger partial charge in [0.15, 0.2) is 11.5 Å². The van der Waals surface area contributed by atoms with Crippen molar-refractivity contribution in [3.05, 3.63) is 77.9 Å². The first-order valence-corrected chi connectivity index (χ1v) is 10.2. The zero-order chi connectivity index (χ0) is 22.9. The molecule has 32 heavy (non-hydrogen) atoms. The van der Waals surface area contributed by atoms with Crippen molar-refractivity contribution >= 4 is 23.2 Å². The molecule has 2 N–H and O–H groups in total. The number of nitrogens with one attached hydrogen (secondary N) is 2. The molecule has 0 aliphatic heterocycles. The Kier molecular flexibility index (Phi) is 7.70. The highest BCUT2D eigenvalue weighted by Gasteiger charge is 2.13. The topological polar surface area (TPSA) is 85.9 Å². The monoisotopic (exact) mass is 434 g/mol. The van der Waals surface area contributed by atoms with E-state index in [1.165, 1.54) is 6.92 Å². The Morgan fingerprint density at radius 2 is 1.53 bits per heavy atom. The molecular weight excluding hydrogens is 408 g/mol. The summed E-state index contributed by atoms with van der Waals surface area (Å²) in [6.07, 6.45) is 0. The van der Waals surface area contributed by atoms with E-state index in [-0.39, 0.29) is 18.4 Å². The number of anilines is 2. The summed E-state index contributed by atoms with van der Waals surface area (Å²) < 4.78 is 17.0. The average Bonchev–Trinajstić information content (AvgIpc) is 2.78. The van der Waals surface area contributed by atoms with Gasteiger partial charge in [0.25, 0.3) is 5.91 Å². The first-order valence-electron chi connectivity index (χ1n) is 10.2. The van der Waals surface area contributed by atoms with E-state index in [2.05, 4.69) is 10.6 Å². The zero-order valence-corrected chi connectivity index (χ0v) is 18.3. The summed E-state index contributed by atoms with van der Waals surface area (Å²) in [6.45, 7) is 4.02. The van der Waals surface area contributed by atoms with E-state index in [1.807, 2.05) is 31.2 Å². The largest absolute Gasteiger partial charge is 0.493 e. The van der Waals surface area contributed by atoms with E-state index < -0.39 is 0 Å². The third-order valence-corrected chi connectivity index (χ3v) is 4.52. The highest BCUT2D eigenvalue weighted by molar-refractivity contribution is 6.05. The normalized spacial score (nSPS) is 10.2. The van der Waals surface area contributed by atoms with Gasteiger partial charge < -0.3 is 24.8 Å². The Labute approximate surface area is 187 Å². The number of ether oxygens (including phenoxy) is 3. The molecule has 3 rings (SSSR count). The van der Waals surface area contributed by atoms with Crippen molar-refractivity contribution in [2.75, 3.05) is 24.4 Å². The Morgan fingerprint density at radius 1 is 0.812 bits per heavy atom. The molecule has 0 fully saturated rings. The number of carbonyl (C=O) groups is 2. The lowest BCUT2D eigenvalue weighted by molar-refractivity contribution is -0.114. The number of rotatable bonds is 9. The van der Waals surface area contributed by atoms with E-state index in [1.54, 1.807) is 49.6 Å². The molecule has 0 aliphatic carbocycles. The lowest BCUT2D eigenvalue weighted by atomic mass is 10.1. The van der Waals surface area contributed by atoms with Gasteiger partial charge in [-0.05, 0) is 55.5 Å². The molecule has 2 amide bonds. The molecule has 0 spiro atoms. The maximum Gasteiger partial charge on any atom is 0.255 e. The van der Waals surface area contributed by atoms with Crippen LogP contribution in [0.2, 0.25) is 0 Å². The van der Waals surface area contributed by atoms with E-state index in [4.69, 9.17) is 14.2 Å². The fraction of sp³-hybridized carbons (Fsp3) is 0.200. The van der Waals surface area contributed by atoms with E-state index in [0.717, 1.165) is 5.56 Å². The molecule has 7 nitrogen and oxygen atoms in total. The molecule has 0 radical (unpaired) electrons. The van der Waals surface area contributed by atoms with Crippen LogP contribution in [0.5, 0.6) is 17.2 Å². The number of hydrogen-bond acceptors (Lipinski definition) is 5. The summed E-state index contributed by atoms with van der Waals surface area (Å²) >= 11 is 0. The van der Waals surface area contributed by atoms with Gasteiger partial charge in [-0.2, -0.15) is 0 Å². The van der Waals surface area contributed by atoms with Gasteiger partial charge >= 0.3 is 0 Å². The quantitative estimate of drug-likeness (QED) is 0.501. The summed E-state index contributed by atoms with van der Waals surface area (Å²) in [5.74, 6) is 1.40. The Morgan fingerprint density at radius 3 is 2.22 bits per heavy atom. The van der Waals surface area contributed by atoms with E-state index in [0.29, 0.717) is 40.8 Å². The molecule has 0 aliphatic rings. The molecule has 7 heteroatoms. The highest BCUT2D eigenvalue weighted by Crippen LogP contribution is 2.29. The molecule has 0 atom stereocenters. The summed E-state index contributed by atoms with van der Waals surface area (Å²) in [5, 5.41) is 5.55. The lowest BCUT2D eigenvalue weighted by Gasteiger charge is -2.15. The van der Waals surface area contributed by atoms with Crippen LogP contribution in [0.25, 0.3) is 0 Å². The SMILES string of the molecule is CCOc1ccc(C(=O)Nc2cccc(NC(C)=O)c2)cc1COc1ccccc1OC. The standard InChI is InChI=1S/C25H26N2O5/c1-4-31-22-13-12-18(14-19(22)16-32-24-11-6-5-10-23(24)30-3)25(29)27-21-9-7-8-20(15-21)26-17(2)28/h5-15H,4,16H2,1-3H3,(H,26,28)(H,27,29). The Bertz CT molecular complexity index is 1100. The van der Waals surface area contributed by atoms with Crippen LogP contribution in [-0.4, -0.2) is 25.5 Å². The second-order valence-electron chi connectivity index (χ2n) is 6.91. The molecule has 0 heterocycles. The van der Waals surface area contributed by atoms with Crippen LogP contribution in [-0.2, 0) is 11.4 Å². The van der Waals surface area contributed by atoms with Crippen molar-refractivity contribution in [1.29, 1.82) is 0 Å². The van der Waals surface area contributed by atoms with Gasteiger partial charge in [-0.25, -0.2) is 0 Å². The van der Waals surface area contributed by atoms with Crippen LogP contribution in [0.15, 0.2) is 66.7 Å². The summed E-state index contributed by atoms with van der Waals surface area (Å²) in [6, 6.07) is 19.5. The number of carbonyl (C=O) groups excluding carboxylic acids is 2. The molecule has 0 saturated heterocycles. The number of hydrogen-bond donors (Lipinski definition) is 2. The third kappa shape index (κ3) is 6.01. The van der Waals surface area contributed by atoms with E-state index >= 15 is 0 Å². The molecule has 3 aromatic rings. The van der Waals surface area contributed by atoms with Gasteiger partial charge in [-0.15, -0.1) is 0 Å². The minimum atomic E-state index is -0.286. The molecule has 0 unspecified atom stereocenters.